The second-order valence-corrected chi connectivity index (χ2v) is 7.49. The maximum atomic E-state index is 12.7. The van der Waals surface area contributed by atoms with Gasteiger partial charge in [-0.25, -0.2) is 8.42 Å². The second kappa shape index (κ2) is 9.28. The third kappa shape index (κ3) is 5.38. The molecule has 0 saturated heterocycles. The number of nitrogens with zero attached hydrogens (tertiary/aromatic N) is 2. The summed E-state index contributed by atoms with van der Waals surface area (Å²) < 4.78 is 25.4. The fourth-order valence-electron chi connectivity index (χ4n) is 2.77. The number of rotatable bonds is 10. The third-order valence-corrected chi connectivity index (χ3v) is 6.02. The first-order valence-corrected chi connectivity index (χ1v) is 9.87. The number of benzene rings is 1. The molecule has 1 atom stereocenters. The van der Waals surface area contributed by atoms with Crippen molar-refractivity contribution in [3.8, 4) is 0 Å². The van der Waals surface area contributed by atoms with Gasteiger partial charge < -0.3 is 4.90 Å². The molecule has 0 aliphatic rings. The van der Waals surface area contributed by atoms with Crippen LogP contribution in [0.25, 0.3) is 0 Å². The van der Waals surface area contributed by atoms with Crippen LogP contribution in [0.5, 0.6) is 0 Å². The summed E-state index contributed by atoms with van der Waals surface area (Å²) in [5.74, 6) is 0.176. The van der Waals surface area contributed by atoms with Crippen LogP contribution in [-0.2, 0) is 9.84 Å². The van der Waals surface area contributed by atoms with Crippen LogP contribution in [0.1, 0.15) is 27.7 Å². The number of likely N-dealkylation sites (N-methyl/N-ethyl adjacent to an activating group) is 2. The van der Waals surface area contributed by atoms with Gasteiger partial charge in [-0.1, -0.05) is 45.9 Å². The molecule has 126 valence electrons. The van der Waals surface area contributed by atoms with E-state index in [0.717, 1.165) is 32.7 Å². The van der Waals surface area contributed by atoms with Crippen LogP contribution in [0.3, 0.4) is 0 Å². The maximum Gasteiger partial charge on any atom is 0.179 e. The van der Waals surface area contributed by atoms with E-state index in [1.807, 2.05) is 6.07 Å². The number of hydrogen-bond donors (Lipinski definition) is 0. The van der Waals surface area contributed by atoms with Gasteiger partial charge in [-0.2, -0.15) is 0 Å². The average molecular weight is 327 g/mol. The largest absolute Gasteiger partial charge is 0.302 e. The summed E-state index contributed by atoms with van der Waals surface area (Å²) in [5, 5.41) is 0. The molecule has 0 aliphatic heterocycles. The highest BCUT2D eigenvalue weighted by molar-refractivity contribution is 7.91. The Morgan fingerprint density at radius 1 is 0.909 bits per heavy atom. The van der Waals surface area contributed by atoms with Gasteiger partial charge in [-0.05, 0) is 38.3 Å². The monoisotopic (exact) mass is 326 g/mol. The van der Waals surface area contributed by atoms with E-state index in [1.54, 1.807) is 24.3 Å². The fraction of sp³-hybridized carbons (Fsp3) is 0.647. The SMILES string of the molecule is CCN(CC)CC(CS(=O)(=O)c1ccccc1)N(CC)CC. The van der Waals surface area contributed by atoms with Gasteiger partial charge in [0.25, 0.3) is 0 Å². The highest BCUT2D eigenvalue weighted by atomic mass is 32.2. The molecule has 1 aromatic carbocycles. The van der Waals surface area contributed by atoms with Crippen LogP contribution >= 0.6 is 0 Å². The Hall–Kier alpha value is -0.910. The minimum Gasteiger partial charge on any atom is -0.302 e. The van der Waals surface area contributed by atoms with Crippen molar-refractivity contribution in [2.45, 2.75) is 38.6 Å². The zero-order valence-electron chi connectivity index (χ0n) is 14.3. The van der Waals surface area contributed by atoms with E-state index in [0.29, 0.717) is 4.90 Å². The fourth-order valence-corrected chi connectivity index (χ4v) is 4.36. The summed E-state index contributed by atoms with van der Waals surface area (Å²) in [6.45, 7) is 12.8. The Labute approximate surface area is 136 Å². The topological polar surface area (TPSA) is 40.6 Å². The Morgan fingerprint density at radius 2 is 1.45 bits per heavy atom. The molecular formula is C17H30N2O2S. The number of hydrogen-bond acceptors (Lipinski definition) is 4. The molecule has 4 nitrogen and oxygen atoms in total. The zero-order valence-corrected chi connectivity index (χ0v) is 15.1. The highest BCUT2D eigenvalue weighted by Gasteiger charge is 2.26. The van der Waals surface area contributed by atoms with E-state index in [-0.39, 0.29) is 11.8 Å². The lowest BCUT2D eigenvalue weighted by atomic mass is 10.2. The summed E-state index contributed by atoms with van der Waals surface area (Å²) in [4.78, 5) is 4.97. The van der Waals surface area contributed by atoms with E-state index in [4.69, 9.17) is 0 Å². The van der Waals surface area contributed by atoms with Gasteiger partial charge in [0.15, 0.2) is 9.84 Å². The summed E-state index contributed by atoms with van der Waals surface area (Å²) >= 11 is 0. The van der Waals surface area contributed by atoms with E-state index in [9.17, 15) is 8.42 Å². The molecule has 0 N–H and O–H groups in total. The molecule has 1 unspecified atom stereocenters. The van der Waals surface area contributed by atoms with E-state index in [1.165, 1.54) is 0 Å². The quantitative estimate of drug-likeness (QED) is 0.662. The van der Waals surface area contributed by atoms with Crippen LogP contribution in [0.15, 0.2) is 35.2 Å². The normalized spacial score (nSPS) is 13.7. The van der Waals surface area contributed by atoms with Crippen LogP contribution < -0.4 is 0 Å². The molecule has 0 bridgehead atoms. The molecule has 1 rings (SSSR count). The Morgan fingerprint density at radius 3 is 1.91 bits per heavy atom. The molecule has 0 spiro atoms. The molecule has 0 saturated carbocycles. The van der Waals surface area contributed by atoms with Crippen LogP contribution in [-0.4, -0.2) is 62.7 Å². The summed E-state index contributed by atoms with van der Waals surface area (Å²) in [7, 11) is -3.26. The zero-order chi connectivity index (χ0) is 16.6. The smallest absolute Gasteiger partial charge is 0.179 e. The van der Waals surface area contributed by atoms with E-state index < -0.39 is 9.84 Å². The van der Waals surface area contributed by atoms with Crippen LogP contribution in [0, 0.1) is 0 Å². The minimum atomic E-state index is -3.26. The molecule has 0 heterocycles. The van der Waals surface area contributed by atoms with Gasteiger partial charge in [-0.15, -0.1) is 0 Å². The van der Waals surface area contributed by atoms with Crippen molar-refractivity contribution >= 4 is 9.84 Å². The molecule has 0 amide bonds. The maximum absolute atomic E-state index is 12.7. The van der Waals surface area contributed by atoms with Gasteiger partial charge in [0.2, 0.25) is 0 Å². The highest BCUT2D eigenvalue weighted by Crippen LogP contribution is 2.15. The first kappa shape index (κ1) is 19.1. The molecule has 0 fully saturated rings. The van der Waals surface area contributed by atoms with Crippen molar-refractivity contribution in [3.05, 3.63) is 30.3 Å². The lowest BCUT2D eigenvalue weighted by Crippen LogP contribution is -2.47. The van der Waals surface area contributed by atoms with Crippen LogP contribution in [0.2, 0.25) is 0 Å². The van der Waals surface area contributed by atoms with Crippen molar-refractivity contribution < 1.29 is 8.42 Å². The molecule has 1 aromatic rings. The van der Waals surface area contributed by atoms with Crippen LogP contribution in [0.4, 0.5) is 0 Å². The van der Waals surface area contributed by atoms with Gasteiger partial charge in [-0.3, -0.25) is 4.90 Å². The predicted molar refractivity (Wildman–Crippen MR) is 93.0 cm³/mol. The molecular weight excluding hydrogens is 296 g/mol. The molecule has 0 aliphatic carbocycles. The van der Waals surface area contributed by atoms with Crippen molar-refractivity contribution in [1.82, 2.24) is 9.80 Å². The molecule has 22 heavy (non-hydrogen) atoms. The Bertz CT molecular complexity index is 509. The summed E-state index contributed by atoms with van der Waals surface area (Å²) in [5.41, 5.74) is 0. The number of sulfone groups is 1. The van der Waals surface area contributed by atoms with E-state index in [2.05, 4.69) is 37.5 Å². The lowest BCUT2D eigenvalue weighted by Gasteiger charge is -2.33. The molecule has 0 aromatic heterocycles. The predicted octanol–water partition coefficient (Wildman–Crippen LogP) is 2.51. The second-order valence-electron chi connectivity index (χ2n) is 5.46. The van der Waals surface area contributed by atoms with Crippen molar-refractivity contribution in [2.24, 2.45) is 0 Å². The van der Waals surface area contributed by atoms with Gasteiger partial charge in [0, 0.05) is 12.6 Å². The molecule has 5 heteroatoms. The summed E-state index contributed by atoms with van der Waals surface area (Å²) in [6, 6.07) is 8.81. The van der Waals surface area contributed by atoms with Gasteiger partial charge >= 0.3 is 0 Å². The Kier molecular flexibility index (Phi) is 8.07. The standard InChI is InChI=1S/C17H30N2O2S/c1-5-18(6-2)14-16(19(7-3)8-4)15-22(20,21)17-12-10-9-11-13-17/h9-13,16H,5-8,14-15H2,1-4H3. The molecule has 0 radical (unpaired) electrons. The summed E-state index contributed by atoms with van der Waals surface area (Å²) in [6.07, 6.45) is 0. The Balaban J connectivity index is 2.96. The van der Waals surface area contributed by atoms with Gasteiger partial charge in [0.1, 0.15) is 0 Å². The van der Waals surface area contributed by atoms with E-state index >= 15 is 0 Å². The first-order chi connectivity index (χ1) is 10.5. The van der Waals surface area contributed by atoms with Crippen molar-refractivity contribution in [2.75, 3.05) is 38.5 Å². The van der Waals surface area contributed by atoms with Crippen molar-refractivity contribution in [3.63, 3.8) is 0 Å². The third-order valence-electron chi connectivity index (χ3n) is 4.21. The first-order valence-electron chi connectivity index (χ1n) is 8.22. The van der Waals surface area contributed by atoms with Gasteiger partial charge in [0.05, 0.1) is 10.6 Å². The minimum absolute atomic E-state index is 0.0279. The average Bonchev–Trinajstić information content (AvgIpc) is 2.54. The lowest BCUT2D eigenvalue weighted by molar-refractivity contribution is 0.168. The van der Waals surface area contributed by atoms with Crippen molar-refractivity contribution in [1.29, 1.82) is 0 Å².